The molecule has 0 bridgehead atoms. The highest BCUT2D eigenvalue weighted by Gasteiger charge is 2.24. The molecule has 1 aliphatic heterocycles. The minimum atomic E-state index is -0.341. The summed E-state index contributed by atoms with van der Waals surface area (Å²) in [7, 11) is 1.34. The Labute approximate surface area is 77.2 Å². The summed E-state index contributed by atoms with van der Waals surface area (Å²) >= 11 is 0. The lowest BCUT2D eigenvalue weighted by molar-refractivity contribution is -0.134. The van der Waals surface area contributed by atoms with Crippen molar-refractivity contribution in [1.29, 1.82) is 0 Å². The van der Waals surface area contributed by atoms with Crippen molar-refractivity contribution in [1.82, 2.24) is 4.90 Å². The first-order valence-corrected chi connectivity index (χ1v) is 4.01. The molecule has 1 fully saturated rings. The van der Waals surface area contributed by atoms with Crippen LogP contribution < -0.4 is 4.90 Å². The van der Waals surface area contributed by atoms with Gasteiger partial charge in [0.25, 0.3) is 0 Å². The van der Waals surface area contributed by atoms with Gasteiger partial charge in [-0.2, -0.15) is 0 Å². The van der Waals surface area contributed by atoms with Gasteiger partial charge in [-0.1, -0.05) is 10.5 Å². The first kappa shape index (κ1) is 9.92. The molecule has 69 valence electrons. The normalized spacial score (nSPS) is 21.5. The van der Waals surface area contributed by atoms with Gasteiger partial charge in [-0.15, -0.1) is 0 Å². The van der Waals surface area contributed by atoms with Gasteiger partial charge >= 0.3 is 12.4 Å². The number of rotatable bonds is 2. The predicted molar refractivity (Wildman–Crippen MR) is 46.3 cm³/mol. The van der Waals surface area contributed by atoms with E-state index in [-0.39, 0.29) is 5.97 Å². The highest BCUT2D eigenvalue weighted by Crippen LogP contribution is 2.16. The molecule has 1 heterocycles. The maximum Gasteiger partial charge on any atom is 0.495 e. The average Bonchev–Trinajstić information content (AvgIpc) is 2.19. The Kier molecular flexibility index (Phi) is 3.64. The summed E-state index contributed by atoms with van der Waals surface area (Å²) in [5.41, 5.74) is 0.985. The number of amides is 1. The molecule has 0 aromatic rings. The van der Waals surface area contributed by atoms with Crippen LogP contribution in [-0.2, 0) is 14.3 Å². The van der Waals surface area contributed by atoms with Crippen LogP contribution in [0, 0.1) is 6.54 Å². The van der Waals surface area contributed by atoms with Crippen LogP contribution in [0.3, 0.4) is 0 Å². The van der Waals surface area contributed by atoms with E-state index in [1.165, 1.54) is 18.1 Å². The lowest BCUT2D eigenvalue weighted by Crippen LogP contribution is -2.30. The summed E-state index contributed by atoms with van der Waals surface area (Å²) < 4.78 is 4.49. The summed E-state index contributed by atoms with van der Waals surface area (Å²) in [6.45, 7) is 2.30. The molecule has 13 heavy (non-hydrogen) atoms. The van der Waals surface area contributed by atoms with Gasteiger partial charge in [-0.25, -0.2) is 9.59 Å². The molecular weight excluding hydrogens is 170 g/mol. The fraction of sp³-hybridized carbons (Fsp3) is 0.444. The van der Waals surface area contributed by atoms with Crippen LogP contribution in [0.4, 0.5) is 0 Å². The van der Waals surface area contributed by atoms with E-state index in [0.717, 1.165) is 5.57 Å². The average molecular weight is 181 g/mol. The molecule has 0 atom stereocenters. The van der Waals surface area contributed by atoms with Crippen LogP contribution in [0.1, 0.15) is 12.8 Å². The molecule has 1 aliphatic rings. The molecule has 4 nitrogen and oxygen atoms in total. The highest BCUT2D eigenvalue weighted by atomic mass is 16.5. The van der Waals surface area contributed by atoms with Gasteiger partial charge in [0.15, 0.2) is 0 Å². The van der Waals surface area contributed by atoms with Crippen LogP contribution in [0.2, 0.25) is 0 Å². The molecule has 0 saturated carbocycles. The Morgan fingerprint density at radius 3 is 3.00 bits per heavy atom. The number of carbonyl (C=O) groups excluding carboxylic acids is 2. The quantitative estimate of drug-likeness (QED) is 0.348. The standard InChI is InChI=1S/C9H11NO3/c1-13-9(12)6-8-2-4-10(7-11)5-3-8/h4,6H,2-3,5H2,1H3/q+1. The van der Waals surface area contributed by atoms with Crippen molar-refractivity contribution in [3.8, 4) is 0 Å². The second kappa shape index (κ2) is 4.77. The fourth-order valence-electron chi connectivity index (χ4n) is 1.12. The smallest absolute Gasteiger partial charge is 0.466 e. The number of esters is 1. The molecule has 1 saturated heterocycles. The molecule has 0 aromatic heterocycles. The molecule has 1 rings (SSSR count). The molecule has 0 aliphatic carbocycles. The van der Waals surface area contributed by atoms with E-state index in [9.17, 15) is 9.59 Å². The van der Waals surface area contributed by atoms with Crippen molar-refractivity contribution in [2.75, 3.05) is 13.7 Å². The van der Waals surface area contributed by atoms with Crippen molar-refractivity contribution in [2.45, 2.75) is 12.8 Å². The monoisotopic (exact) mass is 181 g/mol. The van der Waals surface area contributed by atoms with Gasteiger partial charge in [0.2, 0.25) is 6.54 Å². The van der Waals surface area contributed by atoms with Crippen LogP contribution in [0.25, 0.3) is 0 Å². The number of piperidine rings is 1. The number of hydrogen-bond donors (Lipinski definition) is 0. The van der Waals surface area contributed by atoms with Crippen molar-refractivity contribution >= 4 is 12.4 Å². The minimum Gasteiger partial charge on any atom is -0.466 e. The van der Waals surface area contributed by atoms with E-state index >= 15 is 0 Å². The lowest BCUT2D eigenvalue weighted by atomic mass is 10.0. The van der Waals surface area contributed by atoms with Gasteiger partial charge in [0.1, 0.15) is 6.54 Å². The first-order valence-electron chi connectivity index (χ1n) is 4.01. The van der Waals surface area contributed by atoms with Crippen LogP contribution in [-0.4, -0.2) is 26.0 Å². The molecule has 3 radical (unpaired) electrons. The van der Waals surface area contributed by atoms with Gasteiger partial charge < -0.3 is 4.74 Å². The Morgan fingerprint density at radius 2 is 2.54 bits per heavy atom. The Hall–Kier alpha value is -1.16. The van der Waals surface area contributed by atoms with Gasteiger partial charge in [-0.3, -0.25) is 0 Å². The Bertz CT molecular complexity index is 225. The predicted octanol–water partition coefficient (Wildman–Crippen LogP) is 0.249. The second-order valence-corrected chi connectivity index (χ2v) is 2.75. The van der Waals surface area contributed by atoms with E-state index < -0.39 is 0 Å². The third-order valence-electron chi connectivity index (χ3n) is 1.89. The largest absolute Gasteiger partial charge is 0.495 e. The van der Waals surface area contributed by atoms with E-state index in [2.05, 4.69) is 4.74 Å². The maximum absolute atomic E-state index is 10.8. The first-order chi connectivity index (χ1) is 6.26. The summed E-state index contributed by atoms with van der Waals surface area (Å²) in [6, 6.07) is 0. The summed E-state index contributed by atoms with van der Waals surface area (Å²) in [5, 5.41) is 0. The maximum atomic E-state index is 10.8. The number of methoxy groups -OCH3 is 1. The topological polar surface area (TPSA) is 49.3 Å². The number of ether oxygens (including phenoxy) is 1. The minimum absolute atomic E-state index is 0.341. The highest BCUT2D eigenvalue weighted by molar-refractivity contribution is 5.82. The number of hydrogen-bond acceptors (Lipinski definition) is 3. The second-order valence-electron chi connectivity index (χ2n) is 2.75. The lowest BCUT2D eigenvalue weighted by Gasteiger charge is -2.11. The van der Waals surface area contributed by atoms with Crippen LogP contribution >= 0.6 is 0 Å². The molecular formula is C9H11NO3+. The molecule has 4 heteroatoms. The molecule has 0 unspecified atom stereocenters. The summed E-state index contributed by atoms with van der Waals surface area (Å²) in [4.78, 5) is 22.5. The van der Waals surface area contributed by atoms with Gasteiger partial charge in [-0.05, 0) is 0 Å². The van der Waals surface area contributed by atoms with Crippen molar-refractivity contribution in [3.63, 3.8) is 0 Å². The summed E-state index contributed by atoms with van der Waals surface area (Å²) in [5.74, 6) is -0.341. The van der Waals surface area contributed by atoms with Crippen LogP contribution in [0.15, 0.2) is 11.6 Å². The zero-order chi connectivity index (χ0) is 9.68. The van der Waals surface area contributed by atoms with E-state index in [4.69, 9.17) is 0 Å². The third kappa shape index (κ3) is 2.99. The molecule has 1 amide bonds. The summed E-state index contributed by atoms with van der Waals surface area (Å²) in [6.07, 6.45) is 4.57. The van der Waals surface area contributed by atoms with E-state index in [1.54, 1.807) is 13.0 Å². The van der Waals surface area contributed by atoms with Gasteiger partial charge in [0, 0.05) is 18.9 Å². The molecule has 0 aromatic carbocycles. The van der Waals surface area contributed by atoms with E-state index in [0.29, 0.717) is 19.4 Å². The van der Waals surface area contributed by atoms with E-state index in [1.807, 2.05) is 0 Å². The number of likely N-dealkylation sites (tertiary alicyclic amines) is 1. The van der Waals surface area contributed by atoms with Crippen LogP contribution in [0.5, 0.6) is 0 Å². The third-order valence-corrected chi connectivity index (χ3v) is 1.89. The zero-order valence-corrected chi connectivity index (χ0v) is 7.45. The number of carbonyl (C=O) groups is 1. The molecule has 0 spiro atoms. The Morgan fingerprint density at radius 1 is 1.77 bits per heavy atom. The zero-order valence-electron chi connectivity index (χ0n) is 7.45. The van der Waals surface area contributed by atoms with Crippen molar-refractivity contribution < 1.29 is 14.3 Å². The SMILES string of the molecule is COC(=O)C=C1C[CH][N+]([C]=O)CC1. The fourth-order valence-corrected chi connectivity index (χ4v) is 1.12. The van der Waals surface area contributed by atoms with Crippen molar-refractivity contribution in [2.24, 2.45) is 0 Å². The Balaban J connectivity index is 2.44. The van der Waals surface area contributed by atoms with Crippen molar-refractivity contribution in [3.05, 3.63) is 18.2 Å². The van der Waals surface area contributed by atoms with Gasteiger partial charge in [0.05, 0.1) is 7.11 Å². The molecule has 0 N–H and O–H groups in total. The number of nitrogens with zero attached hydrogens (tertiary/aromatic N) is 1.